The van der Waals surface area contributed by atoms with E-state index < -0.39 is 10.1 Å². The van der Waals surface area contributed by atoms with Crippen molar-refractivity contribution in [2.24, 2.45) is 0 Å². The first-order chi connectivity index (χ1) is 7.81. The Morgan fingerprint density at radius 1 is 1.29 bits per heavy atom. The number of hydrogen-bond acceptors (Lipinski definition) is 4. The number of carbonyl (C=O) groups excluding carboxylic acids is 1. The van der Waals surface area contributed by atoms with E-state index in [1.54, 1.807) is 0 Å². The zero-order valence-corrected chi connectivity index (χ0v) is 11.3. The van der Waals surface area contributed by atoms with Gasteiger partial charge in [-0.3, -0.25) is 4.48 Å². The van der Waals surface area contributed by atoms with Crippen LogP contribution >= 0.6 is 0 Å². The lowest BCUT2D eigenvalue weighted by molar-refractivity contribution is -0.848. The third kappa shape index (κ3) is 5.43. The largest absolute Gasteiger partial charge is 0.748 e. The molecule has 0 atom stereocenters. The highest BCUT2D eigenvalue weighted by molar-refractivity contribution is 7.85. The van der Waals surface area contributed by atoms with Crippen LogP contribution in [0, 0.1) is 0 Å². The summed E-state index contributed by atoms with van der Waals surface area (Å²) >= 11 is 0. The normalized spacial score (nSPS) is 12.4. The topological polar surface area (TPSA) is 74.3 Å². The Bertz CT molecular complexity index is 358. The van der Waals surface area contributed by atoms with Gasteiger partial charge in [0.1, 0.15) is 0 Å². The second-order valence-corrected chi connectivity index (χ2v) is 5.54. The van der Waals surface area contributed by atoms with Crippen LogP contribution in [-0.4, -0.2) is 48.7 Å². The maximum atomic E-state index is 11.8. The fraction of sp³-hybridized carbons (Fsp3) is 0.727. The zero-order valence-electron chi connectivity index (χ0n) is 10.5. The summed E-state index contributed by atoms with van der Waals surface area (Å²) in [6.07, 6.45) is 2.15. The lowest BCUT2D eigenvalue weighted by Crippen LogP contribution is -2.52. The molecular weight excluding hydrogens is 242 g/mol. The van der Waals surface area contributed by atoms with Crippen LogP contribution in [0.15, 0.2) is 12.7 Å². The first-order valence-electron chi connectivity index (χ1n) is 5.78. The van der Waals surface area contributed by atoms with E-state index in [4.69, 9.17) is 0 Å². The molecule has 0 saturated carbocycles. The maximum Gasteiger partial charge on any atom is 0.338 e. The molecule has 100 valence electrons. The third-order valence-electron chi connectivity index (χ3n) is 3.08. The number of quaternary nitrogens is 1. The SMILES string of the molecule is C=CC(=O)[N+](CC)(CC)CCCCS(=O)(=O)[O-]. The highest BCUT2D eigenvalue weighted by atomic mass is 32.2. The number of nitrogens with zero attached hydrogens (tertiary/aromatic N) is 1. The predicted octanol–water partition coefficient (Wildman–Crippen LogP) is 0.881. The van der Waals surface area contributed by atoms with Gasteiger partial charge in [-0.25, -0.2) is 13.2 Å². The van der Waals surface area contributed by atoms with Crippen molar-refractivity contribution < 1.29 is 22.2 Å². The Kier molecular flexibility index (Phi) is 6.59. The minimum Gasteiger partial charge on any atom is -0.748 e. The van der Waals surface area contributed by atoms with Gasteiger partial charge in [-0.05, 0) is 26.7 Å². The summed E-state index contributed by atoms with van der Waals surface area (Å²) in [6, 6.07) is 0. The van der Waals surface area contributed by atoms with Crippen molar-refractivity contribution in [2.45, 2.75) is 26.7 Å². The molecule has 0 aliphatic rings. The minimum absolute atomic E-state index is 0.0556. The fourth-order valence-corrected chi connectivity index (χ4v) is 2.41. The van der Waals surface area contributed by atoms with E-state index >= 15 is 0 Å². The van der Waals surface area contributed by atoms with Gasteiger partial charge in [0.2, 0.25) is 0 Å². The molecule has 17 heavy (non-hydrogen) atoms. The average molecular weight is 263 g/mol. The monoisotopic (exact) mass is 263 g/mol. The second-order valence-electron chi connectivity index (χ2n) is 4.01. The Morgan fingerprint density at radius 2 is 1.82 bits per heavy atom. The van der Waals surface area contributed by atoms with Gasteiger partial charge in [-0.15, -0.1) is 0 Å². The van der Waals surface area contributed by atoms with Gasteiger partial charge in [-0.1, -0.05) is 6.58 Å². The maximum absolute atomic E-state index is 11.8. The Labute approximate surface area is 103 Å². The first-order valence-corrected chi connectivity index (χ1v) is 7.35. The van der Waals surface area contributed by atoms with Gasteiger partial charge in [0.15, 0.2) is 0 Å². The van der Waals surface area contributed by atoms with Crippen LogP contribution in [0.2, 0.25) is 0 Å². The Balaban J connectivity index is 4.38. The molecule has 0 radical (unpaired) electrons. The summed E-state index contributed by atoms with van der Waals surface area (Å²) in [5.74, 6) is -0.414. The van der Waals surface area contributed by atoms with Gasteiger partial charge in [0.25, 0.3) is 0 Å². The molecule has 0 aliphatic heterocycles. The third-order valence-corrected chi connectivity index (χ3v) is 3.87. The summed E-state index contributed by atoms with van der Waals surface area (Å²) in [5, 5.41) is 0. The molecule has 0 unspecified atom stereocenters. The van der Waals surface area contributed by atoms with Crippen LogP contribution in [0.3, 0.4) is 0 Å². The molecule has 0 spiro atoms. The quantitative estimate of drug-likeness (QED) is 0.282. The molecule has 0 saturated heterocycles. The molecule has 0 heterocycles. The van der Waals surface area contributed by atoms with Crippen molar-refractivity contribution in [3.63, 3.8) is 0 Å². The smallest absolute Gasteiger partial charge is 0.338 e. The lowest BCUT2D eigenvalue weighted by atomic mass is 10.2. The number of amides is 1. The van der Waals surface area contributed by atoms with Gasteiger partial charge in [0, 0.05) is 11.8 Å². The average Bonchev–Trinajstić information content (AvgIpc) is 2.28. The van der Waals surface area contributed by atoms with Gasteiger partial charge in [0.05, 0.1) is 29.8 Å². The van der Waals surface area contributed by atoms with Crippen molar-refractivity contribution in [3.8, 4) is 0 Å². The molecule has 0 fully saturated rings. The van der Waals surface area contributed by atoms with Crippen LogP contribution in [0.4, 0.5) is 0 Å². The van der Waals surface area contributed by atoms with Crippen LogP contribution in [-0.2, 0) is 14.9 Å². The van der Waals surface area contributed by atoms with Crippen molar-refractivity contribution in [2.75, 3.05) is 25.4 Å². The number of unbranched alkanes of at least 4 members (excludes halogenated alkanes) is 1. The molecule has 6 heteroatoms. The van der Waals surface area contributed by atoms with Crippen LogP contribution in [0.25, 0.3) is 0 Å². The van der Waals surface area contributed by atoms with Crippen molar-refractivity contribution in [1.82, 2.24) is 0 Å². The van der Waals surface area contributed by atoms with E-state index in [9.17, 15) is 17.8 Å². The molecule has 0 bridgehead atoms. The fourth-order valence-electron chi connectivity index (χ4n) is 1.85. The zero-order chi connectivity index (χ0) is 13.5. The highest BCUT2D eigenvalue weighted by Gasteiger charge is 2.29. The number of rotatable bonds is 8. The molecule has 0 aromatic heterocycles. The van der Waals surface area contributed by atoms with E-state index in [1.807, 2.05) is 13.8 Å². The summed E-state index contributed by atoms with van der Waals surface area (Å²) in [7, 11) is -4.14. The molecule has 1 amide bonds. The second kappa shape index (κ2) is 6.88. The van der Waals surface area contributed by atoms with E-state index in [0.29, 0.717) is 32.5 Å². The molecule has 0 rings (SSSR count). The summed E-state index contributed by atoms with van der Waals surface area (Å²) in [5.41, 5.74) is 0. The lowest BCUT2D eigenvalue weighted by Gasteiger charge is -2.32. The van der Waals surface area contributed by atoms with E-state index in [1.165, 1.54) is 6.08 Å². The van der Waals surface area contributed by atoms with E-state index in [2.05, 4.69) is 6.58 Å². The molecule has 0 aromatic carbocycles. The summed E-state index contributed by atoms with van der Waals surface area (Å²) in [4.78, 5) is 11.8. The number of carbonyl (C=O) groups is 1. The van der Waals surface area contributed by atoms with Crippen molar-refractivity contribution >= 4 is 16.0 Å². The van der Waals surface area contributed by atoms with Crippen LogP contribution in [0.5, 0.6) is 0 Å². The van der Waals surface area contributed by atoms with E-state index in [-0.39, 0.29) is 16.1 Å². The molecule has 0 aromatic rings. The van der Waals surface area contributed by atoms with Crippen molar-refractivity contribution in [3.05, 3.63) is 12.7 Å². The predicted molar refractivity (Wildman–Crippen MR) is 65.2 cm³/mol. The Morgan fingerprint density at radius 3 is 2.18 bits per heavy atom. The standard InChI is InChI=1S/C11H21NO4S/c1-4-11(13)12(5-2,6-3)9-7-8-10-17(14,15)16/h4H,1,5-10H2,2-3H3. The number of likely N-dealkylation sites (N-methyl/N-ethyl adjacent to an activating group) is 1. The number of hydrogen-bond donors (Lipinski definition) is 0. The summed E-state index contributed by atoms with van der Waals surface area (Å²) in [6.45, 7) is 9.14. The van der Waals surface area contributed by atoms with Crippen LogP contribution in [0.1, 0.15) is 26.7 Å². The molecular formula is C11H21NO4S. The van der Waals surface area contributed by atoms with Crippen molar-refractivity contribution in [1.29, 1.82) is 0 Å². The van der Waals surface area contributed by atoms with Gasteiger partial charge >= 0.3 is 5.91 Å². The van der Waals surface area contributed by atoms with Gasteiger partial charge < -0.3 is 4.55 Å². The Hall–Kier alpha value is -0.720. The van der Waals surface area contributed by atoms with Gasteiger partial charge in [-0.2, -0.15) is 0 Å². The highest BCUT2D eigenvalue weighted by Crippen LogP contribution is 2.11. The minimum atomic E-state index is -4.14. The molecule has 0 aliphatic carbocycles. The van der Waals surface area contributed by atoms with Crippen LogP contribution < -0.4 is 0 Å². The van der Waals surface area contributed by atoms with E-state index in [0.717, 1.165) is 0 Å². The molecule has 5 nitrogen and oxygen atoms in total. The molecule has 0 N–H and O–H groups in total. The summed E-state index contributed by atoms with van der Waals surface area (Å²) < 4.78 is 31.6. The first kappa shape index (κ1) is 16.3.